The summed E-state index contributed by atoms with van der Waals surface area (Å²) >= 11 is 0. The number of nitrogens with zero attached hydrogens (tertiary/aromatic N) is 1. The molecule has 0 aliphatic heterocycles. The van der Waals surface area contributed by atoms with Gasteiger partial charge in [-0.3, -0.25) is 4.98 Å². The van der Waals surface area contributed by atoms with Crippen molar-refractivity contribution in [1.82, 2.24) is 4.98 Å². The Morgan fingerprint density at radius 2 is 1.80 bits per heavy atom. The average Bonchev–Trinajstić information content (AvgIpc) is 2.49. The average molecular weight is 265 g/mol. The van der Waals surface area contributed by atoms with E-state index in [0.29, 0.717) is 5.75 Å². The van der Waals surface area contributed by atoms with Crippen LogP contribution in [0.3, 0.4) is 0 Å². The first-order valence-electron chi connectivity index (χ1n) is 6.46. The molecule has 1 N–H and O–H groups in total. The fourth-order valence-electron chi connectivity index (χ4n) is 2.39. The molecule has 0 aliphatic rings. The highest BCUT2D eigenvalue weighted by Crippen LogP contribution is 2.35. The van der Waals surface area contributed by atoms with Crippen molar-refractivity contribution in [3.05, 3.63) is 66.0 Å². The van der Waals surface area contributed by atoms with Crippen LogP contribution in [0, 0.1) is 0 Å². The smallest absolute Gasteiger partial charge is 0.167 e. The Morgan fingerprint density at radius 1 is 1.00 bits per heavy atom. The molecule has 2 aromatic carbocycles. The Kier molecular flexibility index (Phi) is 3.25. The highest BCUT2D eigenvalue weighted by Gasteiger charge is 2.10. The minimum absolute atomic E-state index is 0.146. The third-order valence-corrected chi connectivity index (χ3v) is 3.42. The summed E-state index contributed by atoms with van der Waals surface area (Å²) in [5.41, 5.74) is 2.31. The fraction of sp³-hybridized carbons (Fsp3) is 0.118. The van der Waals surface area contributed by atoms with E-state index in [2.05, 4.69) is 17.1 Å². The minimum Gasteiger partial charge on any atom is -0.504 e. The van der Waals surface area contributed by atoms with Crippen molar-refractivity contribution in [2.75, 3.05) is 7.11 Å². The predicted octanol–water partition coefficient (Wildman–Crippen LogP) is 3.54. The van der Waals surface area contributed by atoms with E-state index in [1.54, 1.807) is 19.4 Å². The third kappa shape index (κ3) is 2.18. The molecule has 1 heterocycles. The number of methoxy groups -OCH3 is 1. The summed E-state index contributed by atoms with van der Waals surface area (Å²) in [7, 11) is 1.54. The van der Waals surface area contributed by atoms with Gasteiger partial charge in [0.05, 0.1) is 7.11 Å². The van der Waals surface area contributed by atoms with E-state index in [4.69, 9.17) is 4.74 Å². The number of hydrogen-bond donors (Lipinski definition) is 1. The van der Waals surface area contributed by atoms with Gasteiger partial charge in [0.1, 0.15) is 0 Å². The summed E-state index contributed by atoms with van der Waals surface area (Å²) in [6, 6.07) is 14.0. The number of hydrogen-bond acceptors (Lipinski definition) is 3. The number of phenols is 1. The van der Waals surface area contributed by atoms with Crippen molar-refractivity contribution in [3.63, 3.8) is 0 Å². The van der Waals surface area contributed by atoms with Crippen molar-refractivity contribution in [2.24, 2.45) is 0 Å². The van der Waals surface area contributed by atoms with E-state index >= 15 is 0 Å². The highest BCUT2D eigenvalue weighted by molar-refractivity contribution is 5.92. The molecule has 0 atom stereocenters. The van der Waals surface area contributed by atoms with Crippen LogP contribution in [0.2, 0.25) is 0 Å². The van der Waals surface area contributed by atoms with Crippen molar-refractivity contribution < 1.29 is 9.84 Å². The molecule has 0 aliphatic carbocycles. The molecule has 0 saturated heterocycles. The number of ether oxygens (including phenoxy) is 1. The predicted molar refractivity (Wildman–Crippen MR) is 79.2 cm³/mol. The molecular formula is C17H15NO2. The molecule has 0 amide bonds. The lowest BCUT2D eigenvalue weighted by molar-refractivity contribution is 0.376. The Hall–Kier alpha value is -2.55. The van der Waals surface area contributed by atoms with E-state index in [-0.39, 0.29) is 5.75 Å². The van der Waals surface area contributed by atoms with Crippen LogP contribution in [0.4, 0.5) is 0 Å². The summed E-state index contributed by atoms with van der Waals surface area (Å²) in [6.07, 6.45) is 4.31. The second kappa shape index (κ2) is 5.21. The van der Waals surface area contributed by atoms with Gasteiger partial charge in [0.2, 0.25) is 0 Å². The van der Waals surface area contributed by atoms with E-state index in [0.717, 1.165) is 22.8 Å². The van der Waals surface area contributed by atoms with E-state index < -0.39 is 0 Å². The maximum Gasteiger partial charge on any atom is 0.167 e. The van der Waals surface area contributed by atoms with Gasteiger partial charge in [-0.2, -0.15) is 0 Å². The zero-order valence-electron chi connectivity index (χ0n) is 11.2. The lowest BCUT2D eigenvalue weighted by Gasteiger charge is -2.10. The standard InChI is InChI=1S/C17H15NO2/c1-20-16-8-7-14-13(9-12-5-3-2-4-6-12)10-18-11-15(14)17(16)19/h2-8,10-11,19H,9H2,1H3. The number of rotatable bonds is 3. The molecule has 0 fully saturated rings. The van der Waals surface area contributed by atoms with Crippen LogP contribution in [0.15, 0.2) is 54.9 Å². The second-order valence-electron chi connectivity index (χ2n) is 4.67. The van der Waals surface area contributed by atoms with Crippen LogP contribution in [0.25, 0.3) is 10.8 Å². The number of benzene rings is 2. The number of aromatic nitrogens is 1. The van der Waals surface area contributed by atoms with E-state index in [9.17, 15) is 5.11 Å². The molecule has 0 radical (unpaired) electrons. The Bertz CT molecular complexity index is 739. The van der Waals surface area contributed by atoms with E-state index in [1.807, 2.05) is 30.5 Å². The van der Waals surface area contributed by atoms with Gasteiger partial charge in [-0.15, -0.1) is 0 Å². The van der Waals surface area contributed by atoms with Gasteiger partial charge in [-0.25, -0.2) is 0 Å². The highest BCUT2D eigenvalue weighted by atomic mass is 16.5. The molecule has 20 heavy (non-hydrogen) atoms. The van der Waals surface area contributed by atoms with Gasteiger partial charge >= 0.3 is 0 Å². The van der Waals surface area contributed by atoms with Crippen LogP contribution >= 0.6 is 0 Å². The zero-order valence-corrected chi connectivity index (χ0v) is 11.2. The molecule has 0 saturated carbocycles. The molecule has 3 heteroatoms. The number of aromatic hydroxyl groups is 1. The SMILES string of the molecule is COc1ccc2c(Cc3ccccc3)cncc2c1O. The zero-order chi connectivity index (χ0) is 13.9. The first kappa shape index (κ1) is 12.5. The first-order valence-corrected chi connectivity index (χ1v) is 6.46. The molecule has 0 bridgehead atoms. The Balaban J connectivity index is 2.10. The van der Waals surface area contributed by atoms with Gasteiger partial charge in [-0.1, -0.05) is 36.4 Å². The molecule has 0 unspecified atom stereocenters. The normalized spacial score (nSPS) is 10.7. The van der Waals surface area contributed by atoms with Gasteiger partial charge in [0, 0.05) is 17.8 Å². The number of phenolic OH excluding ortho intramolecular Hbond substituents is 1. The van der Waals surface area contributed by atoms with Crippen molar-refractivity contribution in [3.8, 4) is 11.5 Å². The van der Waals surface area contributed by atoms with Crippen LogP contribution < -0.4 is 4.74 Å². The van der Waals surface area contributed by atoms with Crippen molar-refractivity contribution >= 4 is 10.8 Å². The number of pyridine rings is 1. The fourth-order valence-corrected chi connectivity index (χ4v) is 2.39. The topological polar surface area (TPSA) is 42.4 Å². The summed E-state index contributed by atoms with van der Waals surface area (Å²) in [5, 5.41) is 11.9. The minimum atomic E-state index is 0.146. The first-order chi connectivity index (χ1) is 9.79. The van der Waals surface area contributed by atoms with Crippen LogP contribution in [-0.4, -0.2) is 17.2 Å². The lowest BCUT2D eigenvalue weighted by atomic mass is 10.0. The summed E-state index contributed by atoms with van der Waals surface area (Å²) < 4.78 is 5.13. The Labute approximate surface area is 117 Å². The van der Waals surface area contributed by atoms with Crippen LogP contribution in [-0.2, 0) is 6.42 Å². The van der Waals surface area contributed by atoms with E-state index in [1.165, 1.54) is 5.56 Å². The van der Waals surface area contributed by atoms with Crippen LogP contribution in [0.5, 0.6) is 11.5 Å². The molecular weight excluding hydrogens is 250 g/mol. The molecule has 3 rings (SSSR count). The van der Waals surface area contributed by atoms with Crippen molar-refractivity contribution in [2.45, 2.75) is 6.42 Å². The maximum atomic E-state index is 10.2. The Morgan fingerprint density at radius 3 is 2.55 bits per heavy atom. The molecule has 0 spiro atoms. The van der Waals surface area contributed by atoms with Gasteiger partial charge < -0.3 is 9.84 Å². The summed E-state index contributed by atoms with van der Waals surface area (Å²) in [4.78, 5) is 4.23. The maximum absolute atomic E-state index is 10.2. The van der Waals surface area contributed by atoms with Gasteiger partial charge in [-0.05, 0) is 29.0 Å². The third-order valence-electron chi connectivity index (χ3n) is 3.42. The lowest BCUT2D eigenvalue weighted by Crippen LogP contribution is -1.92. The molecule has 3 nitrogen and oxygen atoms in total. The second-order valence-corrected chi connectivity index (χ2v) is 4.67. The van der Waals surface area contributed by atoms with Gasteiger partial charge in [0.15, 0.2) is 11.5 Å². The number of fused-ring (bicyclic) bond motifs is 1. The van der Waals surface area contributed by atoms with Crippen LogP contribution in [0.1, 0.15) is 11.1 Å². The molecule has 100 valence electrons. The summed E-state index contributed by atoms with van der Waals surface area (Å²) in [6.45, 7) is 0. The largest absolute Gasteiger partial charge is 0.504 e. The summed E-state index contributed by atoms with van der Waals surface area (Å²) in [5.74, 6) is 0.614. The molecule has 3 aromatic rings. The molecule has 1 aromatic heterocycles. The van der Waals surface area contributed by atoms with Gasteiger partial charge in [0.25, 0.3) is 0 Å². The quantitative estimate of drug-likeness (QED) is 0.787. The monoisotopic (exact) mass is 265 g/mol. The van der Waals surface area contributed by atoms with Crippen molar-refractivity contribution in [1.29, 1.82) is 0 Å².